The van der Waals surface area contributed by atoms with E-state index in [1.54, 1.807) is 6.07 Å². The van der Waals surface area contributed by atoms with Gasteiger partial charge in [-0.1, -0.05) is 95.5 Å². The maximum Gasteiger partial charge on any atom is 1.00 e. The van der Waals surface area contributed by atoms with Gasteiger partial charge in [-0.15, -0.1) is 0 Å². The second kappa shape index (κ2) is 14.3. The Balaban J connectivity index is 0.00000420. The quantitative estimate of drug-likeness (QED) is 0.269. The van der Waals surface area contributed by atoms with Crippen LogP contribution in [0.1, 0.15) is 89.2 Å². The monoisotopic (exact) mass is 442 g/mol. The Bertz CT molecular complexity index is 847. The van der Waals surface area contributed by atoms with E-state index in [1.807, 2.05) is 24.3 Å². The van der Waals surface area contributed by atoms with Crippen LogP contribution in [0.15, 0.2) is 35.2 Å². The number of hydrogen-bond donors (Lipinski definition) is 0. The van der Waals surface area contributed by atoms with Crippen molar-refractivity contribution in [3.8, 4) is 0 Å². The number of hydrogen-bond acceptors (Lipinski definition) is 3. The average Bonchev–Trinajstić information content (AvgIpc) is 2.66. The van der Waals surface area contributed by atoms with Gasteiger partial charge in [-0.3, -0.25) is 0 Å². The molecule has 0 amide bonds. The molecule has 0 N–H and O–H groups in total. The van der Waals surface area contributed by atoms with Gasteiger partial charge < -0.3 is 4.55 Å². The average molecular weight is 443 g/mol. The van der Waals surface area contributed by atoms with E-state index < -0.39 is 10.1 Å². The molecule has 0 aromatic heterocycles. The molecule has 0 unspecified atom stereocenters. The Kier molecular flexibility index (Phi) is 13.5. The molecule has 0 aliphatic heterocycles. The van der Waals surface area contributed by atoms with Gasteiger partial charge in [0.15, 0.2) is 0 Å². The fourth-order valence-electron chi connectivity index (χ4n) is 4.01. The zero-order chi connectivity index (χ0) is 20.4. The van der Waals surface area contributed by atoms with E-state index in [4.69, 9.17) is 0 Å². The van der Waals surface area contributed by atoms with Gasteiger partial charge in [0.1, 0.15) is 10.1 Å². The van der Waals surface area contributed by atoms with E-state index in [1.165, 1.54) is 44.1 Å². The van der Waals surface area contributed by atoms with Crippen molar-refractivity contribution in [2.24, 2.45) is 0 Å². The maximum absolute atomic E-state index is 12.1. The summed E-state index contributed by atoms with van der Waals surface area (Å²) in [7, 11) is -4.51. The molecule has 156 valence electrons. The first-order valence-corrected chi connectivity index (χ1v) is 12.4. The normalized spacial score (nSPS) is 11.6. The molecule has 0 aliphatic carbocycles. The molecule has 0 saturated heterocycles. The molecule has 0 aliphatic rings. The molecule has 2 rings (SSSR count). The van der Waals surface area contributed by atoms with Gasteiger partial charge in [-0.05, 0) is 47.6 Å². The molecule has 0 atom stereocenters. The molecule has 0 fully saturated rings. The van der Waals surface area contributed by atoms with E-state index in [9.17, 15) is 13.0 Å². The fourth-order valence-corrected chi connectivity index (χ4v) is 4.94. The summed E-state index contributed by atoms with van der Waals surface area (Å²) >= 11 is 0. The number of benzene rings is 2. The van der Waals surface area contributed by atoms with Gasteiger partial charge in [0.05, 0.1) is 4.90 Å². The van der Waals surface area contributed by atoms with Crippen LogP contribution in [-0.2, 0) is 23.0 Å². The predicted octanol–water partition coefficient (Wildman–Crippen LogP) is 3.77. The zero-order valence-electron chi connectivity index (χ0n) is 18.5. The van der Waals surface area contributed by atoms with Crippen molar-refractivity contribution in [3.63, 3.8) is 0 Å². The molecular weight excluding hydrogens is 407 g/mol. The van der Waals surface area contributed by atoms with Gasteiger partial charge in [0.2, 0.25) is 0 Å². The van der Waals surface area contributed by atoms with Crippen molar-refractivity contribution < 1.29 is 64.4 Å². The number of fused-ring (bicyclic) bond motifs is 1. The third-order valence-electron chi connectivity index (χ3n) is 5.51. The summed E-state index contributed by atoms with van der Waals surface area (Å²) in [5.41, 5.74) is 1.90. The molecular formula is C24H35KO3S. The summed E-state index contributed by atoms with van der Waals surface area (Å²) in [5, 5.41) is 1.52. The summed E-state index contributed by atoms with van der Waals surface area (Å²) in [6.07, 6.45) is 13.2. The van der Waals surface area contributed by atoms with Crippen LogP contribution in [0, 0.1) is 0 Å². The maximum atomic E-state index is 12.1. The minimum atomic E-state index is -4.51. The third-order valence-corrected chi connectivity index (χ3v) is 6.49. The van der Waals surface area contributed by atoms with E-state index >= 15 is 0 Å². The molecule has 2 aromatic rings. The Labute approximate surface area is 220 Å². The first-order chi connectivity index (χ1) is 13.5. The molecule has 0 saturated carbocycles. The molecule has 5 heteroatoms. The van der Waals surface area contributed by atoms with E-state index in [2.05, 4.69) is 13.8 Å². The topological polar surface area (TPSA) is 57.2 Å². The van der Waals surface area contributed by atoms with Gasteiger partial charge in [-0.2, -0.15) is 0 Å². The van der Waals surface area contributed by atoms with Crippen LogP contribution in [0.25, 0.3) is 10.8 Å². The van der Waals surface area contributed by atoms with Crippen molar-refractivity contribution in [1.29, 1.82) is 0 Å². The van der Waals surface area contributed by atoms with Crippen LogP contribution in [0.5, 0.6) is 0 Å². The van der Waals surface area contributed by atoms with Crippen molar-refractivity contribution >= 4 is 20.9 Å². The van der Waals surface area contributed by atoms with Gasteiger partial charge in [0, 0.05) is 0 Å². The van der Waals surface area contributed by atoms with Crippen molar-refractivity contribution in [3.05, 3.63) is 41.5 Å². The standard InChI is InChI=1S/C24H36O3S.K/c1-3-5-7-9-11-15-20-19-21(16-12-10-8-6-4-2)24(28(25,26)27)23-18-14-13-17-22(20)23;/h13-14,17-19H,3-12,15-16H2,1-2H3,(H,25,26,27);/q;+1/p-1. The number of unbranched alkanes of at least 4 members (excludes halogenated alkanes) is 8. The summed E-state index contributed by atoms with van der Waals surface area (Å²) in [6, 6.07) is 9.51. The van der Waals surface area contributed by atoms with E-state index in [0.29, 0.717) is 17.4 Å². The first-order valence-electron chi connectivity index (χ1n) is 11.0. The summed E-state index contributed by atoms with van der Waals surface area (Å²) in [4.78, 5) is 0.00771. The summed E-state index contributed by atoms with van der Waals surface area (Å²) < 4.78 is 36.3. The Morgan fingerprint density at radius 2 is 1.21 bits per heavy atom. The number of rotatable bonds is 13. The largest absolute Gasteiger partial charge is 1.00 e. The van der Waals surface area contributed by atoms with Gasteiger partial charge >= 0.3 is 51.4 Å². The molecule has 0 spiro atoms. The molecule has 0 bridgehead atoms. The molecule has 2 aromatic carbocycles. The fraction of sp³-hybridized carbons (Fsp3) is 0.583. The van der Waals surface area contributed by atoms with E-state index in [0.717, 1.165) is 37.5 Å². The van der Waals surface area contributed by atoms with Crippen LogP contribution in [0.2, 0.25) is 0 Å². The second-order valence-electron chi connectivity index (χ2n) is 7.85. The first kappa shape index (κ1) is 27.3. The second-order valence-corrected chi connectivity index (χ2v) is 9.17. The SMILES string of the molecule is CCCCCCCc1cc(CCCCCCC)c2ccccc2c1S(=O)(=O)[O-].[K+]. The van der Waals surface area contributed by atoms with Crippen LogP contribution in [0.3, 0.4) is 0 Å². The van der Waals surface area contributed by atoms with Crippen molar-refractivity contribution in [2.75, 3.05) is 0 Å². The zero-order valence-corrected chi connectivity index (χ0v) is 22.4. The van der Waals surface area contributed by atoms with Gasteiger partial charge in [0.25, 0.3) is 0 Å². The minimum Gasteiger partial charge on any atom is -0.744 e. The number of aryl methyl sites for hydroxylation is 2. The molecule has 29 heavy (non-hydrogen) atoms. The Morgan fingerprint density at radius 3 is 1.72 bits per heavy atom. The van der Waals surface area contributed by atoms with Crippen molar-refractivity contribution in [2.45, 2.75) is 95.8 Å². The van der Waals surface area contributed by atoms with Gasteiger partial charge in [-0.25, -0.2) is 8.42 Å². The van der Waals surface area contributed by atoms with Crippen molar-refractivity contribution in [1.82, 2.24) is 0 Å². The Hall–Kier alpha value is 0.246. The van der Waals surface area contributed by atoms with Crippen LogP contribution >= 0.6 is 0 Å². The summed E-state index contributed by atoms with van der Waals surface area (Å²) in [5.74, 6) is 0. The minimum absolute atomic E-state index is 0. The third kappa shape index (κ3) is 8.72. The molecule has 0 radical (unpaired) electrons. The Morgan fingerprint density at radius 1 is 0.724 bits per heavy atom. The van der Waals surface area contributed by atoms with Crippen LogP contribution in [-0.4, -0.2) is 13.0 Å². The smallest absolute Gasteiger partial charge is 0.744 e. The van der Waals surface area contributed by atoms with E-state index in [-0.39, 0.29) is 56.3 Å². The van der Waals surface area contributed by atoms with Crippen LogP contribution < -0.4 is 51.4 Å². The predicted molar refractivity (Wildman–Crippen MR) is 117 cm³/mol. The molecule has 3 nitrogen and oxygen atoms in total. The summed E-state index contributed by atoms with van der Waals surface area (Å²) in [6.45, 7) is 4.39. The molecule has 0 heterocycles. The van der Waals surface area contributed by atoms with Crippen LogP contribution in [0.4, 0.5) is 0 Å².